The fourth-order valence-corrected chi connectivity index (χ4v) is 9.21. The van der Waals surface area contributed by atoms with Crippen molar-refractivity contribution < 1.29 is 0 Å². The maximum atomic E-state index is 6.42. The van der Waals surface area contributed by atoms with Gasteiger partial charge in [-0.25, -0.2) is 0 Å². The minimum absolute atomic E-state index is 0.0180. The molecule has 19 heavy (non-hydrogen) atoms. The Bertz CT molecular complexity index is 454. The van der Waals surface area contributed by atoms with Crippen LogP contribution in [0.25, 0.3) is 0 Å². The minimum atomic E-state index is -0.291. The zero-order valence-corrected chi connectivity index (χ0v) is 14.6. The second-order valence-corrected chi connectivity index (χ2v) is 12.7. The van der Waals surface area contributed by atoms with Crippen LogP contribution >= 0.6 is 19.5 Å². The maximum Gasteiger partial charge on any atom is 0.0501 e. The average Bonchev–Trinajstić information content (AvgIpc) is 2.40. The van der Waals surface area contributed by atoms with E-state index >= 15 is 0 Å². The van der Waals surface area contributed by atoms with Gasteiger partial charge in [0.25, 0.3) is 0 Å². The summed E-state index contributed by atoms with van der Waals surface area (Å²) >= 11 is 6.42. The monoisotopic (exact) mass is 306 g/mol. The highest BCUT2D eigenvalue weighted by Crippen LogP contribution is 2.33. The molecule has 0 amide bonds. The molecule has 100 valence electrons. The fraction of sp³-hybridized carbons (Fsp3) is 0.250. The molecule has 0 heterocycles. The topological polar surface area (TPSA) is 0 Å². The molecule has 2 aromatic carbocycles. The lowest BCUT2D eigenvalue weighted by Crippen LogP contribution is -2.27. The Morgan fingerprint density at radius 3 is 1.68 bits per heavy atom. The van der Waals surface area contributed by atoms with Crippen molar-refractivity contribution in [1.29, 1.82) is 0 Å². The summed E-state index contributed by atoms with van der Waals surface area (Å²) in [5.74, 6) is 1.28. The number of rotatable bonds is 5. The van der Waals surface area contributed by atoms with Gasteiger partial charge in [-0.05, 0) is 38.2 Å². The molecule has 0 saturated carbocycles. The average molecular weight is 307 g/mol. The molecule has 0 saturated heterocycles. The smallest absolute Gasteiger partial charge is 0.0501 e. The SMILES string of the molecule is CC(C)(Cl)[SiH2]CP(c1ccccc1)c1ccccc1. The predicted molar refractivity (Wildman–Crippen MR) is 92.4 cm³/mol. The highest BCUT2D eigenvalue weighted by atomic mass is 35.5. The second-order valence-electron chi connectivity index (χ2n) is 5.29. The molecule has 0 aromatic heterocycles. The number of benzene rings is 2. The molecule has 3 heteroatoms. The van der Waals surface area contributed by atoms with Crippen LogP contribution in [0.4, 0.5) is 0 Å². The third kappa shape index (κ3) is 4.76. The summed E-state index contributed by atoms with van der Waals surface area (Å²) < 4.78 is 0.0180. The van der Waals surface area contributed by atoms with E-state index in [2.05, 4.69) is 74.5 Å². The van der Waals surface area contributed by atoms with Crippen LogP contribution in [0, 0.1) is 0 Å². The fourth-order valence-electron chi connectivity index (χ4n) is 2.00. The third-order valence-corrected chi connectivity index (χ3v) is 9.35. The van der Waals surface area contributed by atoms with Crippen molar-refractivity contribution in [1.82, 2.24) is 0 Å². The summed E-state index contributed by atoms with van der Waals surface area (Å²) in [5, 5.41) is 2.94. The van der Waals surface area contributed by atoms with Crippen LogP contribution < -0.4 is 10.6 Å². The van der Waals surface area contributed by atoms with Gasteiger partial charge in [-0.2, -0.15) is 0 Å². The molecule has 0 unspecified atom stereocenters. The normalized spacial score (nSPS) is 12.4. The largest absolute Gasteiger partial charge is 0.124 e. The van der Waals surface area contributed by atoms with E-state index in [4.69, 9.17) is 11.6 Å². The van der Waals surface area contributed by atoms with Crippen molar-refractivity contribution in [3.05, 3.63) is 60.7 Å². The van der Waals surface area contributed by atoms with Crippen molar-refractivity contribution in [3.8, 4) is 0 Å². The molecule has 0 aliphatic heterocycles. The summed E-state index contributed by atoms with van der Waals surface area (Å²) in [6.07, 6.45) is 0. The first-order chi connectivity index (χ1) is 9.06. The van der Waals surface area contributed by atoms with E-state index in [9.17, 15) is 0 Å². The molecule has 0 nitrogen and oxygen atoms in total. The zero-order chi connectivity index (χ0) is 13.7. The summed E-state index contributed by atoms with van der Waals surface area (Å²) in [7, 11) is -0.529. The first kappa shape index (κ1) is 14.8. The number of halogens is 1. The van der Waals surface area contributed by atoms with Crippen molar-refractivity contribution in [2.24, 2.45) is 0 Å². The van der Waals surface area contributed by atoms with Gasteiger partial charge in [0.05, 0.1) is 9.52 Å². The summed E-state index contributed by atoms with van der Waals surface area (Å²) in [4.78, 5) is 0. The molecule has 0 N–H and O–H groups in total. The first-order valence-electron chi connectivity index (χ1n) is 6.63. The Labute approximate surface area is 124 Å². The number of hydrogen-bond acceptors (Lipinski definition) is 0. The van der Waals surface area contributed by atoms with Gasteiger partial charge in [0.1, 0.15) is 0 Å². The molecule has 0 radical (unpaired) electrons. The Morgan fingerprint density at radius 2 is 1.32 bits per heavy atom. The summed E-state index contributed by atoms with van der Waals surface area (Å²) in [6, 6.07) is 21.8. The van der Waals surface area contributed by atoms with E-state index in [-0.39, 0.29) is 21.9 Å². The number of alkyl halides is 1. The van der Waals surface area contributed by atoms with Crippen molar-refractivity contribution >= 4 is 39.7 Å². The molecule has 0 bridgehead atoms. The summed E-state index contributed by atoms with van der Waals surface area (Å²) in [5.41, 5.74) is 0. The van der Waals surface area contributed by atoms with Gasteiger partial charge in [0.15, 0.2) is 0 Å². The standard InChI is InChI=1S/C16H20ClPSi/c1-16(2,17)19-13-18(14-9-5-3-6-10-14)15-11-7-4-8-12-15/h3-12H,13,19H2,1-2H3. The molecule has 0 aliphatic carbocycles. The van der Waals surface area contributed by atoms with E-state index in [1.165, 1.54) is 16.4 Å². The van der Waals surface area contributed by atoms with Crippen LogP contribution in [0.2, 0.25) is 0 Å². The molecular weight excluding hydrogens is 287 g/mol. The lowest BCUT2D eigenvalue weighted by atomic mass is 10.4. The van der Waals surface area contributed by atoms with Gasteiger partial charge >= 0.3 is 0 Å². The summed E-state index contributed by atoms with van der Waals surface area (Å²) in [6.45, 7) is 4.31. The molecule has 0 fully saturated rings. The maximum absolute atomic E-state index is 6.42. The van der Waals surface area contributed by atoms with Crippen molar-refractivity contribution in [2.75, 3.05) is 5.79 Å². The Balaban J connectivity index is 2.24. The van der Waals surface area contributed by atoms with E-state index < -0.39 is 0 Å². The first-order valence-corrected chi connectivity index (χ1v) is 10.2. The van der Waals surface area contributed by atoms with Crippen LogP contribution in [0.5, 0.6) is 0 Å². The van der Waals surface area contributed by atoms with E-state index in [0.29, 0.717) is 0 Å². The Morgan fingerprint density at radius 1 is 0.895 bits per heavy atom. The van der Waals surface area contributed by atoms with E-state index in [0.717, 1.165) is 0 Å². The second kappa shape index (κ2) is 6.70. The van der Waals surface area contributed by atoms with Gasteiger partial charge in [-0.3, -0.25) is 0 Å². The number of hydrogen-bond donors (Lipinski definition) is 0. The lowest BCUT2D eigenvalue weighted by Gasteiger charge is -2.22. The predicted octanol–water partition coefficient (Wildman–Crippen LogP) is 3.22. The van der Waals surface area contributed by atoms with Gasteiger partial charge in [-0.15, -0.1) is 11.6 Å². The molecule has 2 aromatic rings. The van der Waals surface area contributed by atoms with Gasteiger partial charge in [-0.1, -0.05) is 60.7 Å². The third-order valence-electron chi connectivity index (χ3n) is 3.07. The van der Waals surface area contributed by atoms with Crippen molar-refractivity contribution in [2.45, 2.75) is 18.3 Å². The van der Waals surface area contributed by atoms with E-state index in [1.807, 2.05) is 0 Å². The van der Waals surface area contributed by atoms with Gasteiger partial charge in [0.2, 0.25) is 0 Å². The molecule has 2 rings (SSSR count). The van der Waals surface area contributed by atoms with Crippen LogP contribution in [-0.2, 0) is 0 Å². The Hall–Kier alpha value is -0.623. The van der Waals surface area contributed by atoms with E-state index in [1.54, 1.807) is 0 Å². The van der Waals surface area contributed by atoms with Crippen LogP contribution in [-0.4, -0.2) is 19.8 Å². The Kier molecular flexibility index (Phi) is 5.21. The van der Waals surface area contributed by atoms with Crippen LogP contribution in [0.15, 0.2) is 60.7 Å². The minimum Gasteiger partial charge on any atom is -0.124 e. The molecule has 0 spiro atoms. The van der Waals surface area contributed by atoms with Gasteiger partial charge in [0, 0.05) is 4.50 Å². The molecular formula is C16H20ClPSi. The van der Waals surface area contributed by atoms with Crippen molar-refractivity contribution in [3.63, 3.8) is 0 Å². The molecule has 0 aliphatic rings. The van der Waals surface area contributed by atoms with Gasteiger partial charge < -0.3 is 0 Å². The lowest BCUT2D eigenvalue weighted by molar-refractivity contribution is 0.976. The zero-order valence-electron chi connectivity index (χ0n) is 11.5. The quantitative estimate of drug-likeness (QED) is 0.452. The highest BCUT2D eigenvalue weighted by molar-refractivity contribution is 7.74. The van der Waals surface area contributed by atoms with Crippen LogP contribution in [0.1, 0.15) is 13.8 Å². The highest BCUT2D eigenvalue weighted by Gasteiger charge is 2.19. The molecule has 0 atom stereocenters. The van der Waals surface area contributed by atoms with Crippen LogP contribution in [0.3, 0.4) is 0 Å².